The van der Waals surface area contributed by atoms with Crippen molar-refractivity contribution < 1.29 is 9.53 Å². The Kier molecular flexibility index (Phi) is 3.75. The number of para-hydroxylation sites is 1. The number of amides is 1. The number of hydrogen-bond acceptors (Lipinski definition) is 3. The van der Waals surface area contributed by atoms with Crippen LogP contribution in [0.2, 0.25) is 0 Å². The van der Waals surface area contributed by atoms with Gasteiger partial charge in [-0.25, -0.2) is 0 Å². The summed E-state index contributed by atoms with van der Waals surface area (Å²) in [6.07, 6.45) is 2.32. The number of rotatable bonds is 4. The molecule has 17 heavy (non-hydrogen) atoms. The summed E-state index contributed by atoms with van der Waals surface area (Å²) < 4.78 is 5.45. The Morgan fingerprint density at radius 2 is 2.12 bits per heavy atom. The number of unbranched alkanes of at least 4 members (excludes halogenated alkanes) is 1. The van der Waals surface area contributed by atoms with Crippen LogP contribution >= 0.6 is 0 Å². The number of carbonyl (C=O) groups excluding carboxylic acids is 1. The van der Waals surface area contributed by atoms with E-state index in [1.54, 1.807) is 0 Å². The molecule has 0 atom stereocenters. The fourth-order valence-corrected chi connectivity index (χ4v) is 1.59. The van der Waals surface area contributed by atoms with Gasteiger partial charge >= 0.3 is 0 Å². The summed E-state index contributed by atoms with van der Waals surface area (Å²) in [5.41, 5.74) is 0.784. The van der Waals surface area contributed by atoms with Crippen molar-refractivity contribution in [2.75, 3.05) is 11.6 Å². The summed E-state index contributed by atoms with van der Waals surface area (Å²) in [5.74, 6) is 0.481. The Balaban J connectivity index is 2.02. The lowest BCUT2D eigenvalue weighted by Gasteiger charge is -2.09. The Hall–Kier alpha value is -1.84. The summed E-state index contributed by atoms with van der Waals surface area (Å²) in [4.78, 5) is 11.7. The molecule has 4 nitrogen and oxygen atoms in total. The summed E-state index contributed by atoms with van der Waals surface area (Å²) in [5, 5.41) is 5.59. The average molecular weight is 232 g/mol. The lowest BCUT2D eigenvalue weighted by atomic mass is 10.3. The van der Waals surface area contributed by atoms with E-state index in [1.807, 2.05) is 30.3 Å². The predicted molar refractivity (Wildman–Crippen MR) is 66.8 cm³/mol. The quantitative estimate of drug-likeness (QED) is 0.749. The van der Waals surface area contributed by atoms with E-state index in [-0.39, 0.29) is 12.3 Å². The molecule has 1 aromatic rings. The lowest BCUT2D eigenvalue weighted by Crippen LogP contribution is -2.19. The molecule has 0 aliphatic carbocycles. The van der Waals surface area contributed by atoms with E-state index in [2.05, 4.69) is 12.0 Å². The molecule has 0 saturated carbocycles. The van der Waals surface area contributed by atoms with Crippen LogP contribution in [0.3, 0.4) is 0 Å². The molecule has 1 aliphatic heterocycles. The summed E-state index contributed by atoms with van der Waals surface area (Å²) in [7, 11) is 0. The SMILES string of the molecule is CCCCOC1=NN(c2ccccc2)C(=O)C1. The van der Waals surface area contributed by atoms with Crippen molar-refractivity contribution in [3.05, 3.63) is 30.3 Å². The van der Waals surface area contributed by atoms with Crippen molar-refractivity contribution in [2.45, 2.75) is 26.2 Å². The van der Waals surface area contributed by atoms with Crippen LogP contribution in [0.4, 0.5) is 5.69 Å². The van der Waals surface area contributed by atoms with E-state index >= 15 is 0 Å². The molecule has 0 aromatic heterocycles. The van der Waals surface area contributed by atoms with E-state index in [1.165, 1.54) is 5.01 Å². The third-order valence-electron chi connectivity index (χ3n) is 2.52. The fourth-order valence-electron chi connectivity index (χ4n) is 1.59. The second-order valence-electron chi connectivity index (χ2n) is 3.91. The minimum absolute atomic E-state index is 0.0392. The number of hydrogen-bond donors (Lipinski definition) is 0. The highest BCUT2D eigenvalue weighted by Gasteiger charge is 2.25. The molecule has 90 valence electrons. The maximum atomic E-state index is 11.7. The number of benzene rings is 1. The van der Waals surface area contributed by atoms with Crippen LogP contribution in [0.15, 0.2) is 35.4 Å². The van der Waals surface area contributed by atoms with Crippen LogP contribution in [0.5, 0.6) is 0 Å². The molecular formula is C13H16N2O2. The maximum absolute atomic E-state index is 11.7. The van der Waals surface area contributed by atoms with E-state index in [4.69, 9.17) is 4.74 Å². The maximum Gasteiger partial charge on any atom is 0.256 e. The highest BCUT2D eigenvalue weighted by molar-refractivity contribution is 6.10. The number of nitrogens with zero attached hydrogens (tertiary/aromatic N) is 2. The number of anilines is 1. The van der Waals surface area contributed by atoms with Crippen LogP contribution in [0.1, 0.15) is 26.2 Å². The zero-order chi connectivity index (χ0) is 12.1. The molecule has 0 unspecified atom stereocenters. The van der Waals surface area contributed by atoms with Gasteiger partial charge in [-0.05, 0) is 18.6 Å². The van der Waals surface area contributed by atoms with Crippen molar-refractivity contribution in [1.29, 1.82) is 0 Å². The van der Waals surface area contributed by atoms with Gasteiger partial charge in [0, 0.05) is 0 Å². The van der Waals surface area contributed by atoms with Crippen LogP contribution in [-0.4, -0.2) is 18.4 Å². The van der Waals surface area contributed by atoms with Crippen molar-refractivity contribution in [3.8, 4) is 0 Å². The first-order chi connectivity index (χ1) is 8.31. The first-order valence-electron chi connectivity index (χ1n) is 5.89. The highest BCUT2D eigenvalue weighted by atomic mass is 16.5. The molecule has 0 bridgehead atoms. The Labute approximate surface area is 101 Å². The molecule has 4 heteroatoms. The van der Waals surface area contributed by atoms with Gasteiger partial charge in [0.1, 0.15) is 6.42 Å². The smallest absolute Gasteiger partial charge is 0.256 e. The van der Waals surface area contributed by atoms with Gasteiger partial charge in [0.05, 0.1) is 12.3 Å². The molecule has 0 N–H and O–H groups in total. The highest BCUT2D eigenvalue weighted by Crippen LogP contribution is 2.20. The lowest BCUT2D eigenvalue weighted by molar-refractivity contribution is -0.117. The zero-order valence-corrected chi connectivity index (χ0v) is 9.93. The topological polar surface area (TPSA) is 41.9 Å². The van der Waals surface area contributed by atoms with Crippen LogP contribution in [0, 0.1) is 0 Å². The van der Waals surface area contributed by atoms with Crippen LogP contribution in [0.25, 0.3) is 0 Å². The van der Waals surface area contributed by atoms with Gasteiger partial charge in [-0.2, -0.15) is 5.01 Å². The van der Waals surface area contributed by atoms with Gasteiger partial charge in [0.15, 0.2) is 0 Å². The molecule has 1 aromatic carbocycles. The Morgan fingerprint density at radius 3 is 2.82 bits per heavy atom. The molecule has 1 aliphatic rings. The van der Waals surface area contributed by atoms with Crippen LogP contribution in [-0.2, 0) is 9.53 Å². The Morgan fingerprint density at radius 1 is 1.35 bits per heavy atom. The normalized spacial score (nSPS) is 15.0. The largest absolute Gasteiger partial charge is 0.479 e. The minimum atomic E-state index is -0.0392. The second-order valence-corrected chi connectivity index (χ2v) is 3.91. The van der Waals surface area contributed by atoms with E-state index in [0.29, 0.717) is 12.5 Å². The summed E-state index contributed by atoms with van der Waals surface area (Å²) in [6, 6.07) is 9.39. The van der Waals surface area contributed by atoms with Crippen molar-refractivity contribution in [1.82, 2.24) is 0 Å². The van der Waals surface area contributed by atoms with Crippen molar-refractivity contribution >= 4 is 17.5 Å². The third kappa shape index (κ3) is 2.84. The molecule has 1 amide bonds. The summed E-state index contributed by atoms with van der Waals surface area (Å²) >= 11 is 0. The van der Waals surface area contributed by atoms with Crippen LogP contribution < -0.4 is 5.01 Å². The first-order valence-corrected chi connectivity index (χ1v) is 5.89. The van der Waals surface area contributed by atoms with Crippen molar-refractivity contribution in [2.24, 2.45) is 5.10 Å². The van der Waals surface area contributed by atoms with E-state index in [0.717, 1.165) is 18.5 Å². The van der Waals surface area contributed by atoms with Crippen molar-refractivity contribution in [3.63, 3.8) is 0 Å². The average Bonchev–Trinajstić information content (AvgIpc) is 2.72. The number of ether oxygens (including phenoxy) is 1. The number of hydrazone groups is 1. The summed E-state index contributed by atoms with van der Waals surface area (Å²) in [6.45, 7) is 2.73. The van der Waals surface area contributed by atoms with Gasteiger partial charge in [0.25, 0.3) is 5.91 Å². The fraction of sp³-hybridized carbons (Fsp3) is 0.385. The molecular weight excluding hydrogens is 216 g/mol. The Bertz CT molecular complexity index is 415. The van der Waals surface area contributed by atoms with Gasteiger partial charge in [0.2, 0.25) is 5.90 Å². The monoisotopic (exact) mass is 232 g/mol. The molecule has 2 rings (SSSR count). The molecule has 1 heterocycles. The van der Waals surface area contributed by atoms with Gasteiger partial charge in [-0.1, -0.05) is 31.5 Å². The molecule has 0 saturated heterocycles. The van der Waals surface area contributed by atoms with Gasteiger partial charge < -0.3 is 4.74 Å². The standard InChI is InChI=1S/C13H16N2O2/c1-2-3-9-17-12-10-13(16)15(14-12)11-7-5-4-6-8-11/h4-8H,2-3,9-10H2,1H3. The minimum Gasteiger partial charge on any atom is -0.479 e. The predicted octanol–water partition coefficient (Wildman–Crippen LogP) is 2.55. The van der Waals surface area contributed by atoms with E-state index < -0.39 is 0 Å². The number of carbonyl (C=O) groups is 1. The zero-order valence-electron chi connectivity index (χ0n) is 9.93. The molecule has 0 radical (unpaired) electrons. The second kappa shape index (κ2) is 5.48. The van der Waals surface area contributed by atoms with Gasteiger partial charge in [-0.3, -0.25) is 4.79 Å². The third-order valence-corrected chi connectivity index (χ3v) is 2.52. The van der Waals surface area contributed by atoms with Gasteiger partial charge in [-0.15, -0.1) is 5.10 Å². The molecule has 0 spiro atoms. The molecule has 0 fully saturated rings. The first kappa shape index (κ1) is 11.6. The van der Waals surface area contributed by atoms with E-state index in [9.17, 15) is 4.79 Å².